The molecule has 0 saturated carbocycles. The lowest BCUT2D eigenvalue weighted by Crippen LogP contribution is -2.32. The van der Waals surface area contributed by atoms with E-state index >= 15 is 0 Å². The maximum absolute atomic E-state index is 12.4. The molecule has 0 bridgehead atoms. The molecule has 2 N–H and O–H groups in total. The maximum atomic E-state index is 12.4. The molecule has 0 atom stereocenters. The Bertz CT molecular complexity index is 577. The number of benzene rings is 1. The molecule has 0 spiro atoms. The van der Waals surface area contributed by atoms with Gasteiger partial charge >= 0.3 is 5.97 Å². The van der Waals surface area contributed by atoms with Crippen LogP contribution < -0.4 is 5.32 Å². The second kappa shape index (κ2) is 10.8. The van der Waals surface area contributed by atoms with E-state index in [4.69, 9.17) is 5.11 Å². The smallest absolute Gasteiger partial charge is 0.305 e. The van der Waals surface area contributed by atoms with Gasteiger partial charge in [0.25, 0.3) is 0 Å². The van der Waals surface area contributed by atoms with Gasteiger partial charge in [-0.05, 0) is 31.0 Å². The maximum Gasteiger partial charge on any atom is 0.305 e. The minimum absolute atomic E-state index is 0.0747. The molecule has 0 aromatic heterocycles. The quantitative estimate of drug-likeness (QED) is 0.633. The fourth-order valence-electron chi connectivity index (χ4n) is 2.22. The van der Waals surface area contributed by atoms with Crippen LogP contribution in [0.25, 0.3) is 0 Å². The zero-order valence-electron chi connectivity index (χ0n) is 13.8. The second-order valence-electron chi connectivity index (χ2n) is 5.40. The van der Waals surface area contributed by atoms with Crippen molar-refractivity contribution < 1.29 is 19.5 Å². The van der Waals surface area contributed by atoms with Crippen LogP contribution in [0.2, 0.25) is 0 Å². The largest absolute Gasteiger partial charge is 0.481 e. The van der Waals surface area contributed by atoms with Crippen LogP contribution in [0.15, 0.2) is 28.7 Å². The molecule has 0 heterocycles. The van der Waals surface area contributed by atoms with Crippen LogP contribution in [-0.4, -0.2) is 40.9 Å². The normalized spacial score (nSPS) is 10.2. The van der Waals surface area contributed by atoms with E-state index in [1.165, 1.54) is 4.90 Å². The lowest BCUT2D eigenvalue weighted by molar-refractivity contribution is -0.138. The molecule has 0 fully saturated rings. The van der Waals surface area contributed by atoms with E-state index in [1.54, 1.807) is 0 Å². The van der Waals surface area contributed by atoms with Gasteiger partial charge in [0, 0.05) is 36.9 Å². The summed E-state index contributed by atoms with van der Waals surface area (Å²) in [6.45, 7) is 2.92. The molecule has 0 radical (unpaired) electrons. The number of rotatable bonds is 10. The summed E-state index contributed by atoms with van der Waals surface area (Å²) in [5.41, 5.74) is 0.923. The number of halogens is 1. The van der Waals surface area contributed by atoms with Crippen LogP contribution in [0, 0.1) is 0 Å². The van der Waals surface area contributed by atoms with Gasteiger partial charge in [-0.1, -0.05) is 28.1 Å². The fourth-order valence-corrected chi connectivity index (χ4v) is 2.67. The summed E-state index contributed by atoms with van der Waals surface area (Å²) in [6.07, 6.45) is 0.872. The predicted octanol–water partition coefficient (Wildman–Crippen LogP) is 2.56. The highest BCUT2D eigenvalue weighted by atomic mass is 79.9. The summed E-state index contributed by atoms with van der Waals surface area (Å²) < 4.78 is 0.905. The predicted molar refractivity (Wildman–Crippen MR) is 94.3 cm³/mol. The zero-order valence-corrected chi connectivity index (χ0v) is 15.3. The summed E-state index contributed by atoms with van der Waals surface area (Å²) in [4.78, 5) is 36.1. The summed E-state index contributed by atoms with van der Waals surface area (Å²) >= 11 is 3.38. The molecule has 1 rings (SSSR count). The lowest BCUT2D eigenvalue weighted by Gasteiger charge is -2.22. The van der Waals surface area contributed by atoms with Crippen LogP contribution in [-0.2, 0) is 20.9 Å². The Morgan fingerprint density at radius 1 is 1.21 bits per heavy atom. The molecule has 0 aliphatic rings. The van der Waals surface area contributed by atoms with Crippen molar-refractivity contribution in [3.05, 3.63) is 34.3 Å². The van der Waals surface area contributed by atoms with Gasteiger partial charge in [-0.2, -0.15) is 0 Å². The number of carbonyl (C=O) groups is 3. The first-order valence-corrected chi connectivity index (χ1v) is 8.72. The average Bonchev–Trinajstić information content (AvgIpc) is 2.51. The van der Waals surface area contributed by atoms with Crippen molar-refractivity contribution in [3.8, 4) is 0 Å². The minimum Gasteiger partial charge on any atom is -0.481 e. The average molecular weight is 399 g/mol. The van der Waals surface area contributed by atoms with Gasteiger partial charge in [0.2, 0.25) is 11.8 Å². The third-order valence-corrected chi connectivity index (χ3v) is 3.87. The number of nitrogens with zero attached hydrogens (tertiary/aromatic N) is 1. The third-order valence-electron chi connectivity index (χ3n) is 3.38. The van der Waals surface area contributed by atoms with Gasteiger partial charge < -0.3 is 15.3 Å². The van der Waals surface area contributed by atoms with Gasteiger partial charge in [0.15, 0.2) is 0 Å². The molecule has 1 aromatic carbocycles. The van der Waals surface area contributed by atoms with Crippen LogP contribution >= 0.6 is 15.9 Å². The van der Waals surface area contributed by atoms with Gasteiger partial charge in [0.1, 0.15) is 0 Å². The molecular weight excluding hydrogens is 376 g/mol. The van der Waals surface area contributed by atoms with Crippen LogP contribution in [0.3, 0.4) is 0 Å². The van der Waals surface area contributed by atoms with Crippen LogP contribution in [0.1, 0.15) is 38.2 Å². The zero-order chi connectivity index (χ0) is 17.9. The Morgan fingerprint density at radius 2 is 1.96 bits per heavy atom. The molecule has 132 valence electrons. The Hall–Kier alpha value is -1.89. The van der Waals surface area contributed by atoms with E-state index < -0.39 is 5.97 Å². The van der Waals surface area contributed by atoms with Crippen molar-refractivity contribution in [1.29, 1.82) is 0 Å². The number of carboxylic acids is 1. The number of hydrogen-bond donors (Lipinski definition) is 2. The highest BCUT2D eigenvalue weighted by molar-refractivity contribution is 9.10. The molecule has 0 saturated heterocycles. The van der Waals surface area contributed by atoms with E-state index in [0.29, 0.717) is 25.9 Å². The Morgan fingerprint density at radius 3 is 2.58 bits per heavy atom. The Kier molecular flexibility index (Phi) is 9.07. The van der Waals surface area contributed by atoms with Crippen molar-refractivity contribution in [2.24, 2.45) is 0 Å². The van der Waals surface area contributed by atoms with E-state index in [1.807, 2.05) is 31.2 Å². The molecule has 6 nitrogen and oxygen atoms in total. The number of hydrogen-bond acceptors (Lipinski definition) is 3. The van der Waals surface area contributed by atoms with Gasteiger partial charge in [-0.3, -0.25) is 14.4 Å². The number of carboxylic acid groups (broad SMARTS) is 1. The Labute approximate surface area is 150 Å². The van der Waals surface area contributed by atoms with Crippen LogP contribution in [0.5, 0.6) is 0 Å². The van der Waals surface area contributed by atoms with Gasteiger partial charge in [-0.25, -0.2) is 0 Å². The van der Waals surface area contributed by atoms with Crippen molar-refractivity contribution >= 4 is 33.7 Å². The summed E-state index contributed by atoms with van der Waals surface area (Å²) in [5.74, 6) is -1.15. The highest BCUT2D eigenvalue weighted by Crippen LogP contribution is 2.15. The molecule has 2 amide bonds. The molecular formula is C17H23BrN2O4. The summed E-state index contributed by atoms with van der Waals surface area (Å²) in [7, 11) is 0. The van der Waals surface area contributed by atoms with Crippen molar-refractivity contribution in [3.63, 3.8) is 0 Å². The molecule has 0 aliphatic heterocycles. The first-order valence-electron chi connectivity index (χ1n) is 7.93. The number of aliphatic carboxylic acids is 1. The van der Waals surface area contributed by atoms with E-state index in [-0.39, 0.29) is 31.2 Å². The molecule has 1 aromatic rings. The molecule has 7 heteroatoms. The minimum atomic E-state index is -0.940. The number of carbonyl (C=O) groups excluding carboxylic acids is 2. The third kappa shape index (κ3) is 8.10. The summed E-state index contributed by atoms with van der Waals surface area (Å²) in [5, 5.41) is 11.6. The van der Waals surface area contributed by atoms with Crippen molar-refractivity contribution in [2.45, 2.75) is 39.2 Å². The van der Waals surface area contributed by atoms with Crippen molar-refractivity contribution in [1.82, 2.24) is 10.2 Å². The topological polar surface area (TPSA) is 86.7 Å². The summed E-state index contributed by atoms with van der Waals surface area (Å²) in [6, 6.07) is 7.55. The monoisotopic (exact) mass is 398 g/mol. The SMILES string of the molecule is CCNC(=O)CCCC(=O)N(CCC(=O)O)Cc1cccc(Br)c1. The van der Waals surface area contributed by atoms with E-state index in [9.17, 15) is 14.4 Å². The molecule has 0 unspecified atom stereocenters. The van der Waals surface area contributed by atoms with Gasteiger partial charge in [0.05, 0.1) is 6.42 Å². The number of nitrogens with one attached hydrogen (secondary N) is 1. The van der Waals surface area contributed by atoms with Crippen LogP contribution in [0.4, 0.5) is 0 Å². The van der Waals surface area contributed by atoms with Gasteiger partial charge in [-0.15, -0.1) is 0 Å². The highest BCUT2D eigenvalue weighted by Gasteiger charge is 2.16. The molecule has 0 aliphatic carbocycles. The van der Waals surface area contributed by atoms with Crippen molar-refractivity contribution in [2.75, 3.05) is 13.1 Å². The standard InChI is InChI=1S/C17H23BrN2O4/c1-2-19-15(21)7-4-8-16(22)20(10-9-17(23)24)12-13-5-3-6-14(18)11-13/h3,5-6,11H,2,4,7-10,12H2,1H3,(H,19,21)(H,23,24). The second-order valence-corrected chi connectivity index (χ2v) is 6.31. The first-order chi connectivity index (χ1) is 11.4. The Balaban J connectivity index is 2.61. The molecule has 24 heavy (non-hydrogen) atoms. The van der Waals surface area contributed by atoms with E-state index in [2.05, 4.69) is 21.2 Å². The van der Waals surface area contributed by atoms with E-state index in [0.717, 1.165) is 10.0 Å². The number of amides is 2. The first kappa shape index (κ1) is 20.2. The lowest BCUT2D eigenvalue weighted by atomic mass is 10.1. The fraction of sp³-hybridized carbons (Fsp3) is 0.471.